The van der Waals surface area contributed by atoms with Crippen LogP contribution in [0.25, 0.3) is 0 Å². The third kappa shape index (κ3) is 3.12. The Morgan fingerprint density at radius 1 is 1.11 bits per heavy atom. The molecule has 2 heterocycles. The first-order valence-electron chi connectivity index (χ1n) is 7.28. The summed E-state index contributed by atoms with van der Waals surface area (Å²) >= 11 is 0. The zero-order valence-corrected chi connectivity index (χ0v) is 12.5. The van der Waals surface area contributed by atoms with Crippen LogP contribution in [0.4, 0.5) is 0 Å². The maximum atomic E-state index is 11.2. The van der Waals surface area contributed by atoms with Gasteiger partial charge in [-0.25, -0.2) is 0 Å². The average Bonchev–Trinajstić information content (AvgIpc) is 2.60. The summed E-state index contributed by atoms with van der Waals surface area (Å²) in [5, 5.41) is 0. The van der Waals surface area contributed by atoms with Gasteiger partial charge in [0.15, 0.2) is 0 Å². The lowest BCUT2D eigenvalue weighted by molar-refractivity contribution is -0.118. The Bertz CT molecular complexity index is 311. The van der Waals surface area contributed by atoms with Gasteiger partial charge in [0, 0.05) is 12.1 Å². The van der Waals surface area contributed by atoms with Crippen LogP contribution in [0.2, 0.25) is 0 Å². The zero-order chi connectivity index (χ0) is 13.4. The summed E-state index contributed by atoms with van der Waals surface area (Å²) in [6, 6.07) is 0. The van der Waals surface area contributed by atoms with E-state index in [9.17, 15) is 4.79 Å². The standard InChI is InChI=1S/C15H28N2O/c1-13(18)11-16-8-5-15(12-16)6-9-17(10-7-15)14(2,3)4/h5-12H2,1-4H3. The van der Waals surface area contributed by atoms with E-state index in [1.807, 2.05) is 0 Å². The lowest BCUT2D eigenvalue weighted by atomic mass is 9.77. The number of Topliss-reactive ketones (excluding diaryl/α,β-unsaturated/α-hetero) is 1. The Morgan fingerprint density at radius 3 is 2.17 bits per heavy atom. The molecular weight excluding hydrogens is 224 g/mol. The summed E-state index contributed by atoms with van der Waals surface area (Å²) in [6.07, 6.45) is 3.90. The van der Waals surface area contributed by atoms with E-state index < -0.39 is 0 Å². The Balaban J connectivity index is 1.88. The lowest BCUT2D eigenvalue weighted by Gasteiger charge is -2.45. The zero-order valence-electron chi connectivity index (χ0n) is 12.5. The molecule has 0 aromatic rings. The number of hydrogen-bond acceptors (Lipinski definition) is 3. The van der Waals surface area contributed by atoms with Crippen LogP contribution in [0.15, 0.2) is 0 Å². The smallest absolute Gasteiger partial charge is 0.143 e. The summed E-state index contributed by atoms with van der Waals surface area (Å²) in [5.74, 6) is 0.305. The van der Waals surface area contributed by atoms with Crippen molar-refractivity contribution in [2.24, 2.45) is 5.41 Å². The molecule has 0 aromatic heterocycles. The summed E-state index contributed by atoms with van der Waals surface area (Å²) in [7, 11) is 0. The number of likely N-dealkylation sites (tertiary alicyclic amines) is 2. The van der Waals surface area contributed by atoms with Gasteiger partial charge in [-0.15, -0.1) is 0 Å². The first kappa shape index (κ1) is 14.0. The molecule has 0 bridgehead atoms. The summed E-state index contributed by atoms with van der Waals surface area (Å²) in [6.45, 7) is 14.0. The van der Waals surface area contributed by atoms with Crippen LogP contribution in [0.5, 0.6) is 0 Å². The summed E-state index contributed by atoms with van der Waals surface area (Å²) in [5.41, 5.74) is 0.816. The minimum atomic E-state index is 0.305. The number of carbonyl (C=O) groups excluding carboxylic acids is 1. The number of hydrogen-bond donors (Lipinski definition) is 0. The highest BCUT2D eigenvalue weighted by atomic mass is 16.1. The lowest BCUT2D eigenvalue weighted by Crippen LogP contribution is -2.49. The summed E-state index contributed by atoms with van der Waals surface area (Å²) in [4.78, 5) is 16.2. The van der Waals surface area contributed by atoms with Crippen molar-refractivity contribution >= 4 is 5.78 Å². The average molecular weight is 252 g/mol. The third-order valence-corrected chi connectivity index (χ3v) is 4.74. The number of rotatable bonds is 2. The van der Waals surface area contributed by atoms with Crippen LogP contribution >= 0.6 is 0 Å². The molecule has 104 valence electrons. The minimum absolute atomic E-state index is 0.305. The van der Waals surface area contributed by atoms with Crippen molar-refractivity contribution in [3.63, 3.8) is 0 Å². The molecule has 0 N–H and O–H groups in total. The second-order valence-electron chi connectivity index (χ2n) is 7.32. The Kier molecular flexibility index (Phi) is 3.84. The molecule has 0 atom stereocenters. The van der Waals surface area contributed by atoms with Crippen molar-refractivity contribution in [1.29, 1.82) is 0 Å². The van der Waals surface area contributed by atoms with Gasteiger partial charge in [-0.2, -0.15) is 0 Å². The fraction of sp³-hybridized carbons (Fsp3) is 0.933. The molecule has 0 saturated carbocycles. The van der Waals surface area contributed by atoms with Gasteiger partial charge < -0.3 is 0 Å². The number of piperidine rings is 1. The molecule has 1 spiro atoms. The maximum absolute atomic E-state index is 11.2. The van der Waals surface area contributed by atoms with E-state index in [1.165, 1.54) is 32.4 Å². The molecule has 2 aliphatic heterocycles. The molecule has 18 heavy (non-hydrogen) atoms. The second-order valence-corrected chi connectivity index (χ2v) is 7.32. The van der Waals surface area contributed by atoms with Crippen molar-refractivity contribution in [3.05, 3.63) is 0 Å². The quantitative estimate of drug-likeness (QED) is 0.752. The number of ketones is 1. The Labute approximate surface area is 112 Å². The van der Waals surface area contributed by atoms with Crippen LogP contribution in [-0.4, -0.2) is 53.8 Å². The molecule has 0 aromatic carbocycles. The topological polar surface area (TPSA) is 23.6 Å². The molecule has 2 fully saturated rings. The predicted octanol–water partition coefficient (Wildman–Crippen LogP) is 2.16. The molecular formula is C15H28N2O. The molecule has 0 amide bonds. The van der Waals surface area contributed by atoms with Gasteiger partial charge >= 0.3 is 0 Å². The third-order valence-electron chi connectivity index (χ3n) is 4.74. The molecule has 2 saturated heterocycles. The van der Waals surface area contributed by atoms with E-state index in [2.05, 4.69) is 30.6 Å². The van der Waals surface area contributed by atoms with Gasteiger partial charge in [0.1, 0.15) is 5.78 Å². The molecule has 3 nitrogen and oxygen atoms in total. The molecule has 2 aliphatic rings. The highest BCUT2D eigenvalue weighted by Crippen LogP contribution is 2.41. The minimum Gasteiger partial charge on any atom is -0.299 e. The second kappa shape index (κ2) is 4.93. The van der Waals surface area contributed by atoms with E-state index in [0.717, 1.165) is 13.1 Å². The first-order valence-corrected chi connectivity index (χ1v) is 7.28. The van der Waals surface area contributed by atoms with Crippen LogP contribution in [0.1, 0.15) is 47.0 Å². The van der Waals surface area contributed by atoms with E-state index in [0.29, 0.717) is 23.3 Å². The highest BCUT2D eigenvalue weighted by Gasteiger charge is 2.42. The van der Waals surface area contributed by atoms with Gasteiger partial charge in [-0.05, 0) is 72.0 Å². The molecule has 3 heteroatoms. The summed E-state index contributed by atoms with van der Waals surface area (Å²) < 4.78 is 0. The Hall–Kier alpha value is -0.410. The van der Waals surface area contributed by atoms with E-state index in [1.54, 1.807) is 6.92 Å². The van der Waals surface area contributed by atoms with Gasteiger partial charge in [-0.1, -0.05) is 0 Å². The highest BCUT2D eigenvalue weighted by molar-refractivity contribution is 5.77. The maximum Gasteiger partial charge on any atom is 0.143 e. The number of carbonyl (C=O) groups is 1. The number of nitrogens with zero attached hydrogens (tertiary/aromatic N) is 2. The van der Waals surface area contributed by atoms with Gasteiger partial charge in [0.2, 0.25) is 0 Å². The van der Waals surface area contributed by atoms with Gasteiger partial charge in [0.05, 0.1) is 6.54 Å². The van der Waals surface area contributed by atoms with Crippen LogP contribution in [-0.2, 0) is 4.79 Å². The molecule has 0 unspecified atom stereocenters. The molecule has 2 rings (SSSR count). The van der Waals surface area contributed by atoms with Gasteiger partial charge in [-0.3, -0.25) is 14.6 Å². The van der Waals surface area contributed by atoms with Crippen molar-refractivity contribution < 1.29 is 4.79 Å². The van der Waals surface area contributed by atoms with Crippen LogP contribution in [0, 0.1) is 5.41 Å². The van der Waals surface area contributed by atoms with Crippen molar-refractivity contribution in [2.75, 3.05) is 32.7 Å². The van der Waals surface area contributed by atoms with Crippen LogP contribution in [0.3, 0.4) is 0 Å². The van der Waals surface area contributed by atoms with Crippen molar-refractivity contribution in [1.82, 2.24) is 9.80 Å². The largest absolute Gasteiger partial charge is 0.299 e. The van der Waals surface area contributed by atoms with Gasteiger partial charge in [0.25, 0.3) is 0 Å². The predicted molar refractivity (Wildman–Crippen MR) is 74.7 cm³/mol. The SMILES string of the molecule is CC(=O)CN1CCC2(CCN(C(C)(C)C)CC2)C1. The first-order chi connectivity index (χ1) is 8.31. The van der Waals surface area contributed by atoms with Crippen molar-refractivity contribution in [3.8, 4) is 0 Å². The molecule has 0 aliphatic carbocycles. The van der Waals surface area contributed by atoms with E-state index >= 15 is 0 Å². The molecule has 0 radical (unpaired) electrons. The Morgan fingerprint density at radius 2 is 1.67 bits per heavy atom. The van der Waals surface area contributed by atoms with Crippen LogP contribution < -0.4 is 0 Å². The van der Waals surface area contributed by atoms with Crippen molar-refractivity contribution in [2.45, 2.75) is 52.5 Å². The fourth-order valence-corrected chi connectivity index (χ4v) is 3.54. The monoisotopic (exact) mass is 252 g/mol. The fourth-order valence-electron chi connectivity index (χ4n) is 3.54. The normalized spacial score (nSPS) is 25.8. The van der Waals surface area contributed by atoms with E-state index in [-0.39, 0.29) is 0 Å². The van der Waals surface area contributed by atoms with E-state index in [4.69, 9.17) is 0 Å².